The second kappa shape index (κ2) is 4.94. The van der Waals surface area contributed by atoms with E-state index in [0.29, 0.717) is 18.8 Å². The summed E-state index contributed by atoms with van der Waals surface area (Å²) in [5.41, 5.74) is -0.998. The van der Waals surface area contributed by atoms with E-state index in [4.69, 9.17) is 0 Å². The maximum absolute atomic E-state index is 13.1. The van der Waals surface area contributed by atoms with Gasteiger partial charge in [0, 0.05) is 0 Å². The van der Waals surface area contributed by atoms with Crippen molar-refractivity contribution in [3.63, 3.8) is 0 Å². The van der Waals surface area contributed by atoms with Crippen molar-refractivity contribution in [2.24, 2.45) is 5.92 Å². The first-order chi connectivity index (χ1) is 8.42. The fourth-order valence-electron chi connectivity index (χ4n) is 2.53. The smallest absolute Gasteiger partial charge is 0.159 e. The molecule has 1 aliphatic carbocycles. The number of rotatable bonds is 2. The number of hydrogen-bond donors (Lipinski definition) is 2. The van der Waals surface area contributed by atoms with Crippen LogP contribution >= 0.6 is 0 Å². The maximum atomic E-state index is 13.1. The van der Waals surface area contributed by atoms with Crippen molar-refractivity contribution in [3.05, 3.63) is 35.4 Å². The summed E-state index contributed by atoms with van der Waals surface area (Å²) >= 11 is 0. The monoisotopic (exact) mass is 256 g/mol. The molecule has 0 amide bonds. The van der Waals surface area contributed by atoms with Gasteiger partial charge in [-0.15, -0.1) is 0 Å². The molecule has 1 fully saturated rings. The summed E-state index contributed by atoms with van der Waals surface area (Å²) in [4.78, 5) is 0. The topological polar surface area (TPSA) is 40.5 Å². The summed E-state index contributed by atoms with van der Waals surface area (Å²) in [5, 5.41) is 20.6. The Morgan fingerprint density at radius 3 is 2.39 bits per heavy atom. The molecule has 0 saturated heterocycles. The number of aliphatic hydroxyl groups is 2. The largest absolute Gasteiger partial charge is 0.387 e. The van der Waals surface area contributed by atoms with Crippen molar-refractivity contribution in [2.75, 3.05) is 0 Å². The van der Waals surface area contributed by atoms with Gasteiger partial charge in [0.15, 0.2) is 11.6 Å². The molecule has 18 heavy (non-hydrogen) atoms. The van der Waals surface area contributed by atoms with Crippen LogP contribution in [0.1, 0.15) is 44.3 Å². The Balaban J connectivity index is 2.19. The highest BCUT2D eigenvalue weighted by molar-refractivity contribution is 5.22. The molecule has 0 bridgehead atoms. The van der Waals surface area contributed by atoms with Gasteiger partial charge < -0.3 is 10.2 Å². The lowest BCUT2D eigenvalue weighted by Gasteiger charge is -2.38. The molecule has 4 heteroatoms. The van der Waals surface area contributed by atoms with Crippen LogP contribution < -0.4 is 0 Å². The molecule has 1 aromatic rings. The molecular weight excluding hydrogens is 238 g/mol. The predicted octanol–water partition coefficient (Wildman–Crippen LogP) is 2.94. The molecule has 1 aromatic carbocycles. The van der Waals surface area contributed by atoms with E-state index >= 15 is 0 Å². The van der Waals surface area contributed by atoms with Crippen LogP contribution in [0.4, 0.5) is 8.78 Å². The molecule has 0 heterocycles. The Morgan fingerprint density at radius 2 is 1.83 bits per heavy atom. The van der Waals surface area contributed by atoms with Crippen LogP contribution in [0.5, 0.6) is 0 Å². The maximum Gasteiger partial charge on any atom is 0.159 e. The molecular formula is C14H18F2O2. The molecule has 2 rings (SSSR count). The fraction of sp³-hybridized carbons (Fsp3) is 0.571. The Labute approximate surface area is 105 Å². The van der Waals surface area contributed by atoms with Crippen LogP contribution in [0.15, 0.2) is 18.2 Å². The molecule has 2 nitrogen and oxygen atoms in total. The summed E-state index contributed by atoms with van der Waals surface area (Å²) in [6.07, 6.45) is 1.46. The van der Waals surface area contributed by atoms with Crippen LogP contribution in [0.25, 0.3) is 0 Å². The summed E-state index contributed by atoms with van der Waals surface area (Å²) < 4.78 is 26.0. The van der Waals surface area contributed by atoms with Gasteiger partial charge in [0.25, 0.3) is 0 Å². The number of halogens is 2. The standard InChI is InChI=1S/C14H18F2O2/c1-9-4-6-14(18,7-5-9)13(17)10-2-3-11(15)12(16)8-10/h2-3,8-9,13,17-18H,4-7H2,1H3. The molecule has 1 atom stereocenters. The predicted molar refractivity (Wildman–Crippen MR) is 63.9 cm³/mol. The van der Waals surface area contributed by atoms with Crippen molar-refractivity contribution in [1.29, 1.82) is 0 Å². The average Bonchev–Trinajstić information content (AvgIpc) is 2.36. The minimum Gasteiger partial charge on any atom is -0.387 e. The normalized spacial score (nSPS) is 30.2. The molecule has 2 N–H and O–H groups in total. The molecule has 0 radical (unpaired) electrons. The van der Waals surface area contributed by atoms with Gasteiger partial charge in [0.1, 0.15) is 6.10 Å². The van der Waals surface area contributed by atoms with Crippen LogP contribution in [-0.2, 0) is 0 Å². The van der Waals surface area contributed by atoms with Gasteiger partial charge in [-0.25, -0.2) is 8.78 Å². The van der Waals surface area contributed by atoms with Gasteiger partial charge in [-0.1, -0.05) is 13.0 Å². The lowest BCUT2D eigenvalue weighted by Crippen LogP contribution is -2.39. The lowest BCUT2D eigenvalue weighted by molar-refractivity contribution is -0.105. The third kappa shape index (κ3) is 2.54. The number of benzene rings is 1. The Morgan fingerprint density at radius 1 is 1.22 bits per heavy atom. The SMILES string of the molecule is CC1CCC(O)(C(O)c2ccc(F)c(F)c2)CC1. The van der Waals surface area contributed by atoms with Crippen LogP contribution in [0.2, 0.25) is 0 Å². The fourth-order valence-corrected chi connectivity index (χ4v) is 2.53. The van der Waals surface area contributed by atoms with E-state index < -0.39 is 23.3 Å². The van der Waals surface area contributed by atoms with E-state index in [9.17, 15) is 19.0 Å². The Kier molecular flexibility index (Phi) is 3.69. The molecule has 100 valence electrons. The zero-order valence-electron chi connectivity index (χ0n) is 10.4. The number of hydrogen-bond acceptors (Lipinski definition) is 2. The summed E-state index contributed by atoms with van der Waals surface area (Å²) in [6.45, 7) is 2.10. The highest BCUT2D eigenvalue weighted by Gasteiger charge is 2.39. The van der Waals surface area contributed by atoms with Gasteiger partial charge in [0.05, 0.1) is 5.60 Å². The van der Waals surface area contributed by atoms with E-state index in [1.165, 1.54) is 6.07 Å². The van der Waals surface area contributed by atoms with Gasteiger partial charge >= 0.3 is 0 Å². The first kappa shape index (κ1) is 13.4. The van der Waals surface area contributed by atoms with Gasteiger partial charge in [-0.05, 0) is 49.3 Å². The molecule has 0 spiro atoms. The third-order valence-corrected chi connectivity index (χ3v) is 3.91. The molecule has 1 aliphatic rings. The third-order valence-electron chi connectivity index (χ3n) is 3.91. The highest BCUT2D eigenvalue weighted by atomic mass is 19.2. The quantitative estimate of drug-likeness (QED) is 0.854. The minimum atomic E-state index is -1.23. The molecule has 1 saturated carbocycles. The molecule has 0 aliphatic heterocycles. The van der Waals surface area contributed by atoms with Gasteiger partial charge in [0.2, 0.25) is 0 Å². The van der Waals surface area contributed by atoms with Crippen LogP contribution in [-0.4, -0.2) is 15.8 Å². The van der Waals surface area contributed by atoms with Crippen molar-refractivity contribution in [3.8, 4) is 0 Å². The minimum absolute atomic E-state index is 0.228. The molecule has 1 unspecified atom stereocenters. The van der Waals surface area contributed by atoms with E-state index in [-0.39, 0.29) is 5.56 Å². The summed E-state index contributed by atoms with van der Waals surface area (Å²) in [5.74, 6) is -1.42. The van der Waals surface area contributed by atoms with Crippen molar-refractivity contribution < 1.29 is 19.0 Å². The van der Waals surface area contributed by atoms with E-state index in [0.717, 1.165) is 25.0 Å². The Bertz CT molecular complexity index is 426. The number of aliphatic hydroxyl groups excluding tert-OH is 1. The van der Waals surface area contributed by atoms with Gasteiger partial charge in [-0.2, -0.15) is 0 Å². The second-order valence-corrected chi connectivity index (χ2v) is 5.36. The highest BCUT2D eigenvalue weighted by Crippen LogP contribution is 2.40. The zero-order chi connectivity index (χ0) is 13.3. The van der Waals surface area contributed by atoms with Crippen molar-refractivity contribution in [1.82, 2.24) is 0 Å². The average molecular weight is 256 g/mol. The first-order valence-corrected chi connectivity index (χ1v) is 6.28. The molecule has 0 aromatic heterocycles. The first-order valence-electron chi connectivity index (χ1n) is 6.28. The van der Waals surface area contributed by atoms with Crippen molar-refractivity contribution >= 4 is 0 Å². The van der Waals surface area contributed by atoms with E-state index in [1.807, 2.05) is 0 Å². The lowest BCUT2D eigenvalue weighted by atomic mass is 9.75. The summed E-state index contributed by atoms with van der Waals surface area (Å²) in [7, 11) is 0. The summed E-state index contributed by atoms with van der Waals surface area (Å²) in [6, 6.07) is 3.25. The van der Waals surface area contributed by atoms with Gasteiger partial charge in [-0.3, -0.25) is 0 Å². The van der Waals surface area contributed by atoms with Crippen LogP contribution in [0, 0.1) is 17.6 Å². The van der Waals surface area contributed by atoms with E-state index in [2.05, 4.69) is 6.92 Å². The van der Waals surface area contributed by atoms with Crippen molar-refractivity contribution in [2.45, 2.75) is 44.3 Å². The zero-order valence-corrected chi connectivity index (χ0v) is 10.4. The van der Waals surface area contributed by atoms with E-state index in [1.54, 1.807) is 0 Å². The Hall–Kier alpha value is -1.00. The van der Waals surface area contributed by atoms with Crippen LogP contribution in [0.3, 0.4) is 0 Å². The second-order valence-electron chi connectivity index (χ2n) is 5.36.